The van der Waals surface area contributed by atoms with Gasteiger partial charge in [0, 0.05) is 25.7 Å². The summed E-state index contributed by atoms with van der Waals surface area (Å²) in [6.45, 7) is 6.92. The van der Waals surface area contributed by atoms with E-state index in [1.807, 2.05) is 12.1 Å². The maximum absolute atomic E-state index is 14.2. The van der Waals surface area contributed by atoms with Gasteiger partial charge in [-0.05, 0) is 43.9 Å². The van der Waals surface area contributed by atoms with Gasteiger partial charge in [-0.3, -0.25) is 0 Å². The molecule has 22 heavy (non-hydrogen) atoms. The number of anilines is 1. The molecule has 1 aliphatic rings. The highest BCUT2D eigenvalue weighted by Gasteiger charge is 2.14. The average Bonchev–Trinajstić information content (AvgIpc) is 2.56. The Hall–Kier alpha value is -1.09. The Bertz CT molecular complexity index is 441. The van der Waals surface area contributed by atoms with Gasteiger partial charge in [-0.2, -0.15) is 0 Å². The molecule has 1 saturated carbocycles. The molecule has 3 heteroatoms. The zero-order chi connectivity index (χ0) is 15.8. The zero-order valence-electron chi connectivity index (χ0n) is 14.2. The average molecular weight is 306 g/mol. The van der Waals surface area contributed by atoms with Crippen molar-refractivity contribution in [3.05, 3.63) is 29.6 Å². The van der Waals surface area contributed by atoms with Crippen LogP contribution >= 0.6 is 0 Å². The van der Waals surface area contributed by atoms with Crippen LogP contribution in [0.15, 0.2) is 18.2 Å². The van der Waals surface area contributed by atoms with Crippen molar-refractivity contribution in [2.45, 2.75) is 71.4 Å². The highest BCUT2D eigenvalue weighted by molar-refractivity contribution is 5.50. The van der Waals surface area contributed by atoms with Crippen LogP contribution in [0.2, 0.25) is 0 Å². The van der Waals surface area contributed by atoms with Gasteiger partial charge in [0.05, 0.1) is 5.69 Å². The summed E-state index contributed by atoms with van der Waals surface area (Å²) in [6.07, 6.45) is 8.87. The van der Waals surface area contributed by atoms with E-state index in [4.69, 9.17) is 0 Å². The first-order valence-corrected chi connectivity index (χ1v) is 9.01. The molecule has 0 amide bonds. The number of nitrogens with one attached hydrogen (secondary N) is 1. The standard InChI is InChI=1S/C19H31FN2/c1-3-5-13-22(4-2)19-14-16(11-12-18(19)20)15-21-17-9-7-6-8-10-17/h11-12,14,17,21H,3-10,13,15H2,1-2H3. The third-order valence-corrected chi connectivity index (χ3v) is 4.71. The molecular weight excluding hydrogens is 275 g/mol. The van der Waals surface area contributed by atoms with Gasteiger partial charge in [-0.15, -0.1) is 0 Å². The van der Waals surface area contributed by atoms with Crippen LogP contribution in [0.5, 0.6) is 0 Å². The molecule has 1 N–H and O–H groups in total. The summed E-state index contributed by atoms with van der Waals surface area (Å²) in [5.41, 5.74) is 1.95. The van der Waals surface area contributed by atoms with Crippen molar-refractivity contribution in [2.75, 3.05) is 18.0 Å². The molecule has 0 heterocycles. The maximum atomic E-state index is 14.2. The number of benzene rings is 1. The molecular formula is C19H31FN2. The SMILES string of the molecule is CCCCN(CC)c1cc(CNC2CCCCC2)ccc1F. The molecule has 1 aromatic rings. The number of unbranched alkanes of at least 4 members (excludes halogenated alkanes) is 1. The van der Waals surface area contributed by atoms with Crippen LogP contribution in [0.1, 0.15) is 64.4 Å². The minimum absolute atomic E-state index is 0.0978. The first-order chi connectivity index (χ1) is 10.7. The minimum Gasteiger partial charge on any atom is -0.369 e. The number of halogens is 1. The molecule has 0 radical (unpaired) electrons. The van der Waals surface area contributed by atoms with Gasteiger partial charge in [0.25, 0.3) is 0 Å². The lowest BCUT2D eigenvalue weighted by Gasteiger charge is -2.25. The summed E-state index contributed by atoms with van der Waals surface area (Å²) in [7, 11) is 0. The molecule has 124 valence electrons. The van der Waals surface area contributed by atoms with Gasteiger partial charge in [0.1, 0.15) is 5.82 Å². The second-order valence-electron chi connectivity index (χ2n) is 6.43. The van der Waals surface area contributed by atoms with Crippen molar-refractivity contribution in [3.63, 3.8) is 0 Å². The Labute approximate surface area is 135 Å². The van der Waals surface area contributed by atoms with Crippen LogP contribution in [0.3, 0.4) is 0 Å². The van der Waals surface area contributed by atoms with Crippen LogP contribution in [-0.2, 0) is 6.54 Å². The van der Waals surface area contributed by atoms with Gasteiger partial charge >= 0.3 is 0 Å². The third-order valence-electron chi connectivity index (χ3n) is 4.71. The number of nitrogens with zero attached hydrogens (tertiary/aromatic N) is 1. The number of hydrogen-bond donors (Lipinski definition) is 1. The number of rotatable bonds is 8. The van der Waals surface area contributed by atoms with Crippen LogP contribution in [-0.4, -0.2) is 19.1 Å². The van der Waals surface area contributed by atoms with Gasteiger partial charge in [-0.25, -0.2) is 4.39 Å². The summed E-state index contributed by atoms with van der Waals surface area (Å²) < 4.78 is 14.2. The molecule has 0 spiro atoms. The van der Waals surface area contributed by atoms with E-state index in [-0.39, 0.29) is 5.82 Å². The second-order valence-corrected chi connectivity index (χ2v) is 6.43. The fraction of sp³-hybridized carbons (Fsp3) is 0.684. The monoisotopic (exact) mass is 306 g/mol. The molecule has 0 unspecified atom stereocenters. The molecule has 1 fully saturated rings. The lowest BCUT2D eigenvalue weighted by Crippen LogP contribution is -2.30. The normalized spacial score (nSPS) is 16.0. The maximum Gasteiger partial charge on any atom is 0.146 e. The van der Waals surface area contributed by atoms with Crippen molar-refractivity contribution in [2.24, 2.45) is 0 Å². The topological polar surface area (TPSA) is 15.3 Å². The first-order valence-electron chi connectivity index (χ1n) is 9.01. The van der Waals surface area contributed by atoms with Gasteiger partial charge < -0.3 is 10.2 Å². The zero-order valence-corrected chi connectivity index (χ0v) is 14.2. The van der Waals surface area contributed by atoms with Crippen molar-refractivity contribution in [3.8, 4) is 0 Å². The van der Waals surface area contributed by atoms with Crippen molar-refractivity contribution in [1.82, 2.24) is 5.32 Å². The highest BCUT2D eigenvalue weighted by Crippen LogP contribution is 2.22. The third kappa shape index (κ3) is 4.98. The summed E-state index contributed by atoms with van der Waals surface area (Å²) >= 11 is 0. The summed E-state index contributed by atoms with van der Waals surface area (Å²) in [4.78, 5) is 2.16. The summed E-state index contributed by atoms with van der Waals surface area (Å²) in [6, 6.07) is 6.22. The van der Waals surface area contributed by atoms with Crippen molar-refractivity contribution in [1.29, 1.82) is 0 Å². The van der Waals surface area contributed by atoms with Crippen LogP contribution in [0.25, 0.3) is 0 Å². The van der Waals surface area contributed by atoms with E-state index in [1.165, 1.54) is 37.7 Å². The van der Waals surface area contributed by atoms with E-state index in [9.17, 15) is 4.39 Å². The molecule has 1 aromatic carbocycles. The van der Waals surface area contributed by atoms with Gasteiger partial charge in [0.15, 0.2) is 0 Å². The van der Waals surface area contributed by atoms with Crippen molar-refractivity contribution < 1.29 is 4.39 Å². The molecule has 0 aromatic heterocycles. The van der Waals surface area contributed by atoms with E-state index in [0.717, 1.165) is 38.2 Å². The quantitative estimate of drug-likeness (QED) is 0.737. The summed E-state index contributed by atoms with van der Waals surface area (Å²) in [5.74, 6) is -0.0978. The molecule has 0 saturated heterocycles. The van der Waals surface area contributed by atoms with Crippen LogP contribution < -0.4 is 10.2 Å². The predicted octanol–water partition coefficient (Wildman–Crippen LogP) is 4.87. The predicted molar refractivity (Wildman–Crippen MR) is 92.9 cm³/mol. The Balaban J connectivity index is 1.98. The van der Waals surface area contributed by atoms with E-state index >= 15 is 0 Å². The molecule has 0 atom stereocenters. The fourth-order valence-corrected chi connectivity index (χ4v) is 3.28. The largest absolute Gasteiger partial charge is 0.369 e. The lowest BCUT2D eigenvalue weighted by molar-refractivity contribution is 0.372. The molecule has 1 aliphatic carbocycles. The Morgan fingerprint density at radius 1 is 1.18 bits per heavy atom. The first kappa shape index (κ1) is 17.3. The van der Waals surface area contributed by atoms with Gasteiger partial charge in [0.2, 0.25) is 0 Å². The lowest BCUT2D eigenvalue weighted by atomic mass is 9.95. The van der Waals surface area contributed by atoms with Gasteiger partial charge in [-0.1, -0.05) is 38.7 Å². The van der Waals surface area contributed by atoms with Crippen LogP contribution in [0, 0.1) is 5.82 Å². The summed E-state index contributed by atoms with van der Waals surface area (Å²) in [5, 5.41) is 3.64. The fourth-order valence-electron chi connectivity index (χ4n) is 3.28. The molecule has 0 aliphatic heterocycles. The minimum atomic E-state index is -0.0978. The molecule has 2 nitrogen and oxygen atoms in total. The van der Waals surface area contributed by atoms with E-state index in [1.54, 1.807) is 6.07 Å². The Kier molecular flexibility index (Phi) is 7.17. The molecule has 0 bridgehead atoms. The number of hydrogen-bond acceptors (Lipinski definition) is 2. The Morgan fingerprint density at radius 3 is 2.64 bits per heavy atom. The molecule has 2 rings (SSSR count). The Morgan fingerprint density at radius 2 is 1.95 bits per heavy atom. The van der Waals surface area contributed by atoms with E-state index in [2.05, 4.69) is 24.1 Å². The smallest absolute Gasteiger partial charge is 0.146 e. The van der Waals surface area contributed by atoms with Crippen molar-refractivity contribution >= 4 is 5.69 Å². The second kappa shape index (κ2) is 9.14. The van der Waals surface area contributed by atoms with E-state index < -0.39 is 0 Å². The van der Waals surface area contributed by atoms with E-state index in [0.29, 0.717) is 6.04 Å². The highest BCUT2D eigenvalue weighted by atomic mass is 19.1. The van der Waals surface area contributed by atoms with Crippen LogP contribution in [0.4, 0.5) is 10.1 Å².